The summed E-state index contributed by atoms with van der Waals surface area (Å²) in [6, 6.07) is 5.13. The van der Waals surface area contributed by atoms with E-state index in [1.54, 1.807) is 19.1 Å². The minimum atomic E-state index is -0.497. The number of benzene rings is 1. The summed E-state index contributed by atoms with van der Waals surface area (Å²) in [5.41, 5.74) is 0.790. The molecule has 24 heavy (non-hydrogen) atoms. The summed E-state index contributed by atoms with van der Waals surface area (Å²) in [7, 11) is 0. The Labute approximate surface area is 142 Å². The summed E-state index contributed by atoms with van der Waals surface area (Å²) in [6.45, 7) is 3.62. The molecule has 0 aliphatic heterocycles. The van der Waals surface area contributed by atoms with Gasteiger partial charge in [-0.15, -0.1) is 10.2 Å². The lowest BCUT2D eigenvalue weighted by molar-refractivity contribution is -0.384. The fourth-order valence-corrected chi connectivity index (χ4v) is 3.33. The van der Waals surface area contributed by atoms with E-state index >= 15 is 0 Å². The maximum absolute atomic E-state index is 12.2. The summed E-state index contributed by atoms with van der Waals surface area (Å²) >= 11 is 1.29. The van der Waals surface area contributed by atoms with E-state index in [0.717, 1.165) is 18.7 Å². The topological polar surface area (TPSA) is 103 Å². The molecule has 0 unspecified atom stereocenters. The number of rotatable bonds is 6. The van der Waals surface area contributed by atoms with Crippen molar-refractivity contribution in [2.45, 2.75) is 37.9 Å². The van der Waals surface area contributed by atoms with E-state index in [-0.39, 0.29) is 23.0 Å². The molecule has 1 saturated carbocycles. The molecular weight excluding hydrogens is 330 g/mol. The number of hydrogen-bond acceptors (Lipinski definition) is 6. The Morgan fingerprint density at radius 2 is 2.17 bits per heavy atom. The van der Waals surface area contributed by atoms with Crippen LogP contribution in [0, 0.1) is 24.0 Å². The standard InChI is InChI=1S/C15H17N5O3S/c1-9-4-3-5-12(20(22)23)14(9)16-13(21)8-24-15-18-17-10(2)19(15)11-6-7-11/h3-5,11H,6-8H2,1-2H3,(H,16,21). The first-order valence-electron chi connectivity index (χ1n) is 7.55. The number of aryl methyl sites for hydroxylation is 2. The van der Waals surface area contributed by atoms with E-state index in [1.165, 1.54) is 17.8 Å². The second-order valence-corrected chi connectivity index (χ2v) is 6.64. The van der Waals surface area contributed by atoms with E-state index in [0.29, 0.717) is 16.8 Å². The van der Waals surface area contributed by atoms with Crippen LogP contribution in [0.1, 0.15) is 30.3 Å². The maximum atomic E-state index is 12.2. The Morgan fingerprint density at radius 1 is 1.42 bits per heavy atom. The quantitative estimate of drug-likeness (QED) is 0.489. The highest BCUT2D eigenvalue weighted by Crippen LogP contribution is 2.38. The largest absolute Gasteiger partial charge is 0.319 e. The second kappa shape index (κ2) is 6.60. The number of nitro benzene ring substituents is 1. The summed E-state index contributed by atoms with van der Waals surface area (Å²) in [5.74, 6) is 0.659. The van der Waals surface area contributed by atoms with E-state index in [1.807, 2.05) is 11.5 Å². The van der Waals surface area contributed by atoms with Crippen LogP contribution in [0.2, 0.25) is 0 Å². The van der Waals surface area contributed by atoms with Gasteiger partial charge in [0.1, 0.15) is 11.5 Å². The minimum Gasteiger partial charge on any atom is -0.319 e. The average Bonchev–Trinajstić information content (AvgIpc) is 3.30. The first-order chi connectivity index (χ1) is 11.5. The molecule has 2 aromatic rings. The summed E-state index contributed by atoms with van der Waals surface area (Å²) < 4.78 is 2.05. The predicted molar refractivity (Wildman–Crippen MR) is 90.2 cm³/mol. The van der Waals surface area contributed by atoms with Crippen molar-refractivity contribution in [1.82, 2.24) is 14.8 Å². The number of para-hydroxylation sites is 1. The van der Waals surface area contributed by atoms with E-state index in [2.05, 4.69) is 15.5 Å². The zero-order chi connectivity index (χ0) is 17.3. The SMILES string of the molecule is Cc1cccc([N+](=O)[O-])c1NC(=O)CSc1nnc(C)n1C1CC1. The number of nitrogens with one attached hydrogen (secondary N) is 1. The van der Waals surface area contributed by atoms with Gasteiger partial charge in [-0.2, -0.15) is 0 Å². The van der Waals surface area contributed by atoms with Crippen molar-refractivity contribution in [3.8, 4) is 0 Å². The van der Waals surface area contributed by atoms with Gasteiger partial charge >= 0.3 is 0 Å². The van der Waals surface area contributed by atoms with Crippen LogP contribution in [0.3, 0.4) is 0 Å². The highest BCUT2D eigenvalue weighted by molar-refractivity contribution is 7.99. The van der Waals surface area contributed by atoms with Crippen molar-refractivity contribution < 1.29 is 9.72 Å². The fourth-order valence-electron chi connectivity index (χ4n) is 2.47. The van der Waals surface area contributed by atoms with Crippen molar-refractivity contribution in [3.63, 3.8) is 0 Å². The monoisotopic (exact) mass is 347 g/mol. The molecule has 0 spiro atoms. The third-order valence-electron chi connectivity index (χ3n) is 3.79. The maximum Gasteiger partial charge on any atom is 0.293 e. The zero-order valence-electron chi connectivity index (χ0n) is 13.4. The van der Waals surface area contributed by atoms with Crippen LogP contribution >= 0.6 is 11.8 Å². The smallest absolute Gasteiger partial charge is 0.293 e. The molecule has 1 fully saturated rings. The lowest BCUT2D eigenvalue weighted by Gasteiger charge is -2.09. The molecule has 1 aromatic carbocycles. The lowest BCUT2D eigenvalue weighted by Crippen LogP contribution is -2.16. The molecule has 0 radical (unpaired) electrons. The number of carbonyl (C=O) groups excluding carboxylic acids is 1. The Hall–Kier alpha value is -2.42. The van der Waals surface area contributed by atoms with E-state index in [4.69, 9.17) is 0 Å². The molecule has 1 aliphatic carbocycles. The number of anilines is 1. The third-order valence-corrected chi connectivity index (χ3v) is 4.73. The van der Waals surface area contributed by atoms with Gasteiger partial charge in [0.15, 0.2) is 5.16 Å². The van der Waals surface area contributed by atoms with Crippen LogP contribution in [0.5, 0.6) is 0 Å². The summed E-state index contributed by atoms with van der Waals surface area (Å²) in [6.07, 6.45) is 2.21. The van der Waals surface area contributed by atoms with Crippen LogP contribution in [-0.2, 0) is 4.79 Å². The second-order valence-electron chi connectivity index (χ2n) is 5.69. The fraction of sp³-hybridized carbons (Fsp3) is 0.400. The van der Waals surface area contributed by atoms with Gasteiger partial charge in [0.05, 0.1) is 10.7 Å². The highest BCUT2D eigenvalue weighted by atomic mass is 32.2. The van der Waals surface area contributed by atoms with Gasteiger partial charge in [-0.25, -0.2) is 0 Å². The molecular formula is C15H17N5O3S. The average molecular weight is 347 g/mol. The van der Waals surface area contributed by atoms with Crippen molar-refractivity contribution in [3.05, 3.63) is 39.7 Å². The van der Waals surface area contributed by atoms with Gasteiger partial charge in [0, 0.05) is 12.1 Å². The van der Waals surface area contributed by atoms with Crippen LogP contribution in [-0.4, -0.2) is 31.3 Å². The Morgan fingerprint density at radius 3 is 2.83 bits per heavy atom. The normalized spacial score (nSPS) is 13.8. The van der Waals surface area contributed by atoms with Crippen LogP contribution in [0.4, 0.5) is 11.4 Å². The number of thioether (sulfide) groups is 1. The molecule has 1 N–H and O–H groups in total. The molecule has 1 amide bonds. The molecule has 1 aromatic heterocycles. The molecule has 0 saturated heterocycles. The van der Waals surface area contributed by atoms with Crippen LogP contribution < -0.4 is 5.32 Å². The molecule has 0 atom stereocenters. The van der Waals surface area contributed by atoms with Gasteiger partial charge in [0.2, 0.25) is 5.91 Å². The molecule has 0 bridgehead atoms. The number of amides is 1. The molecule has 1 aliphatic rings. The highest BCUT2D eigenvalue weighted by Gasteiger charge is 2.28. The van der Waals surface area contributed by atoms with Crippen molar-refractivity contribution in [2.24, 2.45) is 0 Å². The Balaban J connectivity index is 1.68. The molecule has 126 valence electrons. The van der Waals surface area contributed by atoms with Crippen LogP contribution in [0.15, 0.2) is 23.4 Å². The number of nitro groups is 1. The summed E-state index contributed by atoms with van der Waals surface area (Å²) in [4.78, 5) is 22.8. The van der Waals surface area contributed by atoms with Gasteiger partial charge in [0.25, 0.3) is 5.69 Å². The van der Waals surface area contributed by atoms with Gasteiger partial charge < -0.3 is 9.88 Å². The van der Waals surface area contributed by atoms with Crippen molar-refractivity contribution in [1.29, 1.82) is 0 Å². The Bertz CT molecular complexity index is 800. The van der Waals surface area contributed by atoms with Gasteiger partial charge in [-0.1, -0.05) is 23.9 Å². The number of carbonyl (C=O) groups is 1. The summed E-state index contributed by atoms with van der Waals surface area (Å²) in [5, 5.41) is 22.6. The minimum absolute atomic E-state index is 0.106. The number of hydrogen-bond donors (Lipinski definition) is 1. The molecule has 8 nitrogen and oxygen atoms in total. The predicted octanol–water partition coefficient (Wildman–Crippen LogP) is 2.87. The lowest BCUT2D eigenvalue weighted by atomic mass is 10.1. The van der Waals surface area contributed by atoms with Gasteiger partial charge in [-0.05, 0) is 32.3 Å². The number of nitrogens with zero attached hydrogens (tertiary/aromatic N) is 4. The van der Waals surface area contributed by atoms with E-state index in [9.17, 15) is 14.9 Å². The number of aromatic nitrogens is 3. The molecule has 9 heteroatoms. The van der Waals surface area contributed by atoms with Crippen molar-refractivity contribution >= 4 is 29.0 Å². The van der Waals surface area contributed by atoms with Gasteiger partial charge in [-0.3, -0.25) is 14.9 Å². The van der Waals surface area contributed by atoms with Crippen LogP contribution in [0.25, 0.3) is 0 Å². The first-order valence-corrected chi connectivity index (χ1v) is 8.54. The van der Waals surface area contributed by atoms with Crippen molar-refractivity contribution in [2.75, 3.05) is 11.1 Å². The zero-order valence-corrected chi connectivity index (χ0v) is 14.2. The third kappa shape index (κ3) is 3.40. The van der Waals surface area contributed by atoms with E-state index < -0.39 is 4.92 Å². The Kier molecular flexibility index (Phi) is 4.52. The first kappa shape index (κ1) is 16.4. The molecule has 3 rings (SSSR count). The molecule has 1 heterocycles.